The molecule has 0 saturated heterocycles. The summed E-state index contributed by atoms with van der Waals surface area (Å²) in [7, 11) is -2.05. The van der Waals surface area contributed by atoms with Crippen molar-refractivity contribution < 1.29 is 26.8 Å². The number of thiazole rings is 1. The largest absolute Gasteiger partial charge is 0.497 e. The van der Waals surface area contributed by atoms with Crippen LogP contribution in [-0.2, 0) is 21.2 Å². The minimum absolute atomic E-state index is 0.000377. The van der Waals surface area contributed by atoms with E-state index in [2.05, 4.69) is 4.98 Å². The second-order valence-corrected chi connectivity index (χ2v) is 10.4. The zero-order chi connectivity index (χ0) is 23.4. The minimum Gasteiger partial charge on any atom is -0.497 e. The number of hydrogen-bond donors (Lipinski definition) is 0. The van der Waals surface area contributed by atoms with Crippen LogP contribution in [0, 0.1) is 5.82 Å². The number of carbonyl (C=O) groups excluding carboxylic acids is 1. The first-order valence-electron chi connectivity index (χ1n) is 10.1. The Balaban J connectivity index is 1.51. The number of rotatable bonds is 9. The number of methoxy groups -OCH3 is 1. The van der Waals surface area contributed by atoms with Gasteiger partial charge < -0.3 is 9.15 Å². The van der Waals surface area contributed by atoms with E-state index in [0.29, 0.717) is 22.2 Å². The van der Waals surface area contributed by atoms with Crippen LogP contribution in [-0.4, -0.2) is 32.2 Å². The molecule has 0 aliphatic heterocycles. The number of halogens is 1. The number of amides is 1. The summed E-state index contributed by atoms with van der Waals surface area (Å²) in [6.07, 6.45) is 1.64. The maximum Gasteiger partial charge on any atom is 0.229 e. The molecule has 0 bridgehead atoms. The van der Waals surface area contributed by atoms with Gasteiger partial charge in [-0.1, -0.05) is 11.3 Å². The van der Waals surface area contributed by atoms with Crippen LogP contribution in [0.15, 0.2) is 70.2 Å². The van der Waals surface area contributed by atoms with Gasteiger partial charge in [0.2, 0.25) is 5.91 Å². The van der Waals surface area contributed by atoms with Crippen molar-refractivity contribution in [1.82, 2.24) is 4.98 Å². The molecule has 0 fully saturated rings. The highest BCUT2D eigenvalue weighted by molar-refractivity contribution is 7.91. The second kappa shape index (κ2) is 9.72. The lowest BCUT2D eigenvalue weighted by molar-refractivity contribution is -0.118. The van der Waals surface area contributed by atoms with E-state index in [1.165, 1.54) is 34.6 Å². The number of nitrogens with zero attached hydrogens (tertiary/aromatic N) is 2. The van der Waals surface area contributed by atoms with E-state index in [-0.39, 0.29) is 35.9 Å². The SMILES string of the molecule is COc1ccc2sc(N(Cc3ccco3)C(=O)CCCS(=O)(=O)c3ccc(F)cc3)nc2c1. The van der Waals surface area contributed by atoms with Gasteiger partial charge in [-0.2, -0.15) is 0 Å². The first-order chi connectivity index (χ1) is 15.9. The lowest BCUT2D eigenvalue weighted by Crippen LogP contribution is -2.30. The van der Waals surface area contributed by atoms with Crippen LogP contribution < -0.4 is 9.64 Å². The highest BCUT2D eigenvalue weighted by Gasteiger charge is 2.23. The molecule has 172 valence electrons. The first kappa shape index (κ1) is 22.9. The predicted octanol–water partition coefficient (Wildman–Crippen LogP) is 4.82. The summed E-state index contributed by atoms with van der Waals surface area (Å²) in [6, 6.07) is 13.6. The summed E-state index contributed by atoms with van der Waals surface area (Å²) in [5, 5.41) is 0.487. The van der Waals surface area contributed by atoms with Crippen molar-refractivity contribution in [2.75, 3.05) is 17.8 Å². The quantitative estimate of drug-likeness (QED) is 0.314. The average Bonchev–Trinajstić information content (AvgIpc) is 3.46. The average molecular weight is 489 g/mol. The number of sulfone groups is 1. The van der Waals surface area contributed by atoms with Crippen LogP contribution in [0.4, 0.5) is 9.52 Å². The van der Waals surface area contributed by atoms with Gasteiger partial charge in [0.25, 0.3) is 0 Å². The van der Waals surface area contributed by atoms with Gasteiger partial charge in [0.1, 0.15) is 17.3 Å². The van der Waals surface area contributed by atoms with Crippen molar-refractivity contribution in [2.45, 2.75) is 24.3 Å². The number of ether oxygens (including phenoxy) is 1. The summed E-state index contributed by atoms with van der Waals surface area (Å²) in [6.45, 7) is 0.174. The topological polar surface area (TPSA) is 89.7 Å². The number of aromatic nitrogens is 1. The smallest absolute Gasteiger partial charge is 0.229 e. The molecule has 4 rings (SSSR count). The van der Waals surface area contributed by atoms with E-state index in [1.54, 1.807) is 25.3 Å². The van der Waals surface area contributed by atoms with E-state index in [9.17, 15) is 17.6 Å². The summed E-state index contributed by atoms with van der Waals surface area (Å²) >= 11 is 1.35. The fourth-order valence-corrected chi connectivity index (χ4v) is 5.54. The zero-order valence-corrected chi connectivity index (χ0v) is 19.4. The Morgan fingerprint density at radius 3 is 2.67 bits per heavy atom. The molecular formula is C23H21FN2O5S2. The van der Waals surface area contributed by atoms with Gasteiger partial charge in [-0.15, -0.1) is 0 Å². The lowest BCUT2D eigenvalue weighted by atomic mass is 10.3. The van der Waals surface area contributed by atoms with Gasteiger partial charge >= 0.3 is 0 Å². The van der Waals surface area contributed by atoms with Crippen LogP contribution in [0.1, 0.15) is 18.6 Å². The summed E-state index contributed by atoms with van der Waals surface area (Å²) in [4.78, 5) is 19.2. The molecule has 7 nitrogen and oxygen atoms in total. The fourth-order valence-electron chi connectivity index (χ4n) is 3.27. The Morgan fingerprint density at radius 1 is 1.18 bits per heavy atom. The minimum atomic E-state index is -3.62. The van der Waals surface area contributed by atoms with Gasteiger partial charge in [-0.3, -0.25) is 9.69 Å². The van der Waals surface area contributed by atoms with E-state index in [4.69, 9.17) is 9.15 Å². The van der Waals surface area contributed by atoms with Crippen molar-refractivity contribution in [3.8, 4) is 5.75 Å². The first-order valence-corrected chi connectivity index (χ1v) is 12.6. The molecule has 33 heavy (non-hydrogen) atoms. The Kier molecular flexibility index (Phi) is 6.75. The molecule has 2 aromatic carbocycles. The lowest BCUT2D eigenvalue weighted by Gasteiger charge is -2.18. The van der Waals surface area contributed by atoms with Crippen LogP contribution >= 0.6 is 11.3 Å². The maximum absolute atomic E-state index is 13.1. The van der Waals surface area contributed by atoms with Gasteiger partial charge in [-0.05, 0) is 55.0 Å². The van der Waals surface area contributed by atoms with Crippen LogP contribution in [0.3, 0.4) is 0 Å². The second-order valence-electron chi connectivity index (χ2n) is 7.27. The summed E-state index contributed by atoms with van der Waals surface area (Å²) < 4.78 is 49.7. The molecule has 0 spiro atoms. The van der Waals surface area contributed by atoms with Gasteiger partial charge in [-0.25, -0.2) is 17.8 Å². The number of benzene rings is 2. The number of furan rings is 1. The summed E-state index contributed by atoms with van der Waals surface area (Å²) in [5.41, 5.74) is 0.700. The van der Waals surface area contributed by atoms with E-state index >= 15 is 0 Å². The molecule has 0 aliphatic carbocycles. The van der Waals surface area contributed by atoms with Crippen LogP contribution in [0.5, 0.6) is 5.75 Å². The molecular weight excluding hydrogens is 467 g/mol. The number of carbonyl (C=O) groups is 1. The third kappa shape index (κ3) is 5.40. The van der Waals surface area contributed by atoms with Gasteiger partial charge in [0.05, 0.1) is 40.8 Å². The monoisotopic (exact) mass is 488 g/mol. The molecule has 2 heterocycles. The van der Waals surface area contributed by atoms with Gasteiger partial charge in [0, 0.05) is 12.5 Å². The molecule has 2 aromatic heterocycles. The molecule has 1 amide bonds. The molecule has 10 heteroatoms. The molecule has 4 aromatic rings. The highest BCUT2D eigenvalue weighted by Crippen LogP contribution is 2.32. The fraction of sp³-hybridized carbons (Fsp3) is 0.217. The normalized spacial score (nSPS) is 11.6. The Morgan fingerprint density at radius 2 is 1.97 bits per heavy atom. The van der Waals surface area contributed by atoms with Crippen molar-refractivity contribution in [3.63, 3.8) is 0 Å². The number of hydrogen-bond acceptors (Lipinski definition) is 7. The van der Waals surface area contributed by atoms with Gasteiger partial charge in [0.15, 0.2) is 15.0 Å². The molecule has 0 radical (unpaired) electrons. The van der Waals surface area contributed by atoms with E-state index in [0.717, 1.165) is 16.8 Å². The molecule has 0 N–H and O–H groups in total. The predicted molar refractivity (Wildman–Crippen MR) is 124 cm³/mol. The van der Waals surface area contributed by atoms with Crippen molar-refractivity contribution in [1.29, 1.82) is 0 Å². The van der Waals surface area contributed by atoms with Crippen molar-refractivity contribution in [3.05, 3.63) is 72.4 Å². The molecule has 0 unspecified atom stereocenters. The Hall–Kier alpha value is -3.24. The molecule has 0 saturated carbocycles. The van der Waals surface area contributed by atoms with Crippen LogP contribution in [0.25, 0.3) is 10.2 Å². The molecule has 0 aliphatic rings. The Bertz CT molecular complexity index is 1350. The van der Waals surface area contributed by atoms with Crippen molar-refractivity contribution >= 4 is 42.4 Å². The summed E-state index contributed by atoms with van der Waals surface area (Å²) in [5.74, 6) is 0.238. The molecule has 0 atom stereocenters. The standard InChI is InChI=1S/C23H21FN2O5S2/c1-30-17-8-11-21-20(14-17)25-23(32-21)26(15-18-4-2-12-31-18)22(27)5-3-13-33(28,29)19-9-6-16(24)7-10-19/h2,4,6-12,14H,3,5,13,15H2,1H3. The third-order valence-electron chi connectivity index (χ3n) is 4.99. The Labute approximate surface area is 194 Å². The highest BCUT2D eigenvalue weighted by atomic mass is 32.2. The zero-order valence-electron chi connectivity index (χ0n) is 17.7. The van der Waals surface area contributed by atoms with Crippen molar-refractivity contribution in [2.24, 2.45) is 0 Å². The van der Waals surface area contributed by atoms with Crippen LogP contribution in [0.2, 0.25) is 0 Å². The third-order valence-corrected chi connectivity index (χ3v) is 7.86. The number of fused-ring (bicyclic) bond motifs is 1. The van der Waals surface area contributed by atoms with E-state index in [1.807, 2.05) is 12.1 Å². The number of anilines is 1. The maximum atomic E-state index is 13.1. The van der Waals surface area contributed by atoms with E-state index < -0.39 is 15.7 Å².